The molecule has 0 N–H and O–H groups in total. The lowest BCUT2D eigenvalue weighted by molar-refractivity contribution is -0.121. The second kappa shape index (κ2) is 9.23. The van der Waals surface area contributed by atoms with Gasteiger partial charge in [-0.1, -0.05) is 42.2 Å². The van der Waals surface area contributed by atoms with E-state index < -0.39 is 0 Å². The van der Waals surface area contributed by atoms with Crippen molar-refractivity contribution >= 4 is 62.9 Å². The molecule has 0 radical (unpaired) electrons. The summed E-state index contributed by atoms with van der Waals surface area (Å²) in [6.45, 7) is 2.53. The number of carbonyl (C=O) groups is 1. The molecule has 146 valence electrons. The van der Waals surface area contributed by atoms with Crippen LogP contribution in [0.15, 0.2) is 41.3 Å². The molecule has 0 aromatic heterocycles. The van der Waals surface area contributed by atoms with Gasteiger partial charge in [0, 0.05) is 12.1 Å². The molecule has 1 aliphatic rings. The van der Waals surface area contributed by atoms with Crippen molar-refractivity contribution < 1.29 is 18.7 Å². The van der Waals surface area contributed by atoms with E-state index in [1.54, 1.807) is 42.4 Å². The molecule has 1 amide bonds. The molecule has 1 fully saturated rings. The van der Waals surface area contributed by atoms with Crippen LogP contribution >= 0.6 is 46.6 Å². The normalized spacial score (nSPS) is 15.4. The van der Waals surface area contributed by atoms with E-state index in [9.17, 15) is 9.18 Å². The van der Waals surface area contributed by atoms with Crippen LogP contribution in [0.1, 0.15) is 18.1 Å². The van der Waals surface area contributed by atoms with Crippen LogP contribution < -0.4 is 9.47 Å². The summed E-state index contributed by atoms with van der Waals surface area (Å²) in [7, 11) is 1.54. The van der Waals surface area contributed by atoms with E-state index in [1.807, 2.05) is 13.0 Å². The predicted octanol–water partition coefficient (Wildman–Crippen LogP) is 5.24. The highest BCUT2D eigenvalue weighted by Crippen LogP contribution is 2.37. The van der Waals surface area contributed by atoms with Crippen LogP contribution in [0.25, 0.3) is 6.08 Å². The van der Waals surface area contributed by atoms with Gasteiger partial charge in [0.25, 0.3) is 5.91 Å². The van der Waals surface area contributed by atoms with E-state index >= 15 is 0 Å². The quantitative estimate of drug-likeness (QED) is 0.291. The zero-order valence-electron chi connectivity index (χ0n) is 15.2. The molecule has 4 nitrogen and oxygen atoms in total. The van der Waals surface area contributed by atoms with Crippen molar-refractivity contribution in [3.05, 3.63) is 61.8 Å². The summed E-state index contributed by atoms with van der Waals surface area (Å²) in [5, 5.41) is 0. The van der Waals surface area contributed by atoms with Crippen molar-refractivity contribution in [2.45, 2.75) is 13.5 Å². The van der Waals surface area contributed by atoms with Crippen LogP contribution in [0.4, 0.5) is 4.39 Å². The summed E-state index contributed by atoms with van der Waals surface area (Å²) < 4.78 is 26.5. The number of methoxy groups -OCH3 is 1. The SMILES string of the molecule is CCN1C(=O)/C(=C/c2cc(I)c(OCc3ccccc3F)c(OC)c2)SC1=S. The first kappa shape index (κ1) is 21.1. The van der Waals surface area contributed by atoms with Gasteiger partial charge in [-0.15, -0.1) is 0 Å². The van der Waals surface area contributed by atoms with E-state index in [-0.39, 0.29) is 18.3 Å². The number of amides is 1. The number of thiocarbonyl (C=S) groups is 1. The summed E-state index contributed by atoms with van der Waals surface area (Å²) in [4.78, 5) is 14.5. The highest BCUT2D eigenvalue weighted by molar-refractivity contribution is 14.1. The van der Waals surface area contributed by atoms with E-state index in [1.165, 1.54) is 17.8 Å². The van der Waals surface area contributed by atoms with Gasteiger partial charge in [-0.2, -0.15) is 0 Å². The third-order valence-electron chi connectivity index (χ3n) is 4.07. The van der Waals surface area contributed by atoms with E-state index in [0.717, 1.165) is 9.13 Å². The predicted molar refractivity (Wildman–Crippen MR) is 122 cm³/mol. The monoisotopic (exact) mass is 529 g/mol. The Balaban J connectivity index is 1.86. The Morgan fingerprint density at radius 1 is 1.32 bits per heavy atom. The zero-order chi connectivity index (χ0) is 20.3. The minimum atomic E-state index is -0.314. The zero-order valence-corrected chi connectivity index (χ0v) is 19.0. The van der Waals surface area contributed by atoms with Crippen molar-refractivity contribution in [2.24, 2.45) is 0 Å². The van der Waals surface area contributed by atoms with E-state index in [2.05, 4.69) is 22.6 Å². The van der Waals surface area contributed by atoms with Crippen molar-refractivity contribution in [2.75, 3.05) is 13.7 Å². The van der Waals surface area contributed by atoms with Gasteiger partial charge in [0.15, 0.2) is 11.5 Å². The second-order valence-corrected chi connectivity index (χ2v) is 8.68. The Morgan fingerprint density at radius 3 is 2.71 bits per heavy atom. The lowest BCUT2D eigenvalue weighted by atomic mass is 10.1. The molecule has 0 atom stereocenters. The Hall–Kier alpha value is -1.65. The highest BCUT2D eigenvalue weighted by atomic mass is 127. The number of nitrogens with zero attached hydrogens (tertiary/aromatic N) is 1. The van der Waals surface area contributed by atoms with Crippen molar-refractivity contribution in [3.63, 3.8) is 0 Å². The van der Waals surface area contributed by atoms with Crippen molar-refractivity contribution in [3.8, 4) is 11.5 Å². The second-order valence-electron chi connectivity index (χ2n) is 5.84. The molecule has 0 unspecified atom stereocenters. The molecular weight excluding hydrogens is 512 g/mol. The highest BCUT2D eigenvalue weighted by Gasteiger charge is 2.30. The first-order valence-electron chi connectivity index (χ1n) is 8.43. The summed E-state index contributed by atoms with van der Waals surface area (Å²) in [6, 6.07) is 10.2. The smallest absolute Gasteiger partial charge is 0.266 e. The van der Waals surface area contributed by atoms with Gasteiger partial charge in [0.1, 0.15) is 16.7 Å². The molecule has 28 heavy (non-hydrogen) atoms. The average molecular weight is 529 g/mol. The van der Waals surface area contributed by atoms with Gasteiger partial charge in [-0.25, -0.2) is 4.39 Å². The van der Waals surface area contributed by atoms with Gasteiger partial charge in [0.05, 0.1) is 15.6 Å². The maximum absolute atomic E-state index is 13.8. The largest absolute Gasteiger partial charge is 0.493 e. The average Bonchev–Trinajstić information content (AvgIpc) is 2.94. The number of carbonyl (C=O) groups excluding carboxylic acids is 1. The molecule has 0 spiro atoms. The summed E-state index contributed by atoms with van der Waals surface area (Å²) in [6.07, 6.45) is 1.79. The van der Waals surface area contributed by atoms with Crippen molar-refractivity contribution in [1.82, 2.24) is 4.90 Å². The van der Waals surface area contributed by atoms with Crippen LogP contribution in [0, 0.1) is 9.39 Å². The molecule has 2 aromatic rings. The van der Waals surface area contributed by atoms with Crippen LogP contribution in [0.5, 0.6) is 11.5 Å². The first-order chi connectivity index (χ1) is 13.4. The molecule has 1 heterocycles. The standard InChI is InChI=1S/C20H17FINO3S2/c1-3-23-19(24)17(28-20(23)27)10-12-8-15(22)18(16(9-12)25-2)26-11-13-6-4-5-7-14(13)21/h4-10H,3,11H2,1-2H3/b17-10-. The Labute approximate surface area is 186 Å². The molecule has 0 aliphatic carbocycles. The lowest BCUT2D eigenvalue weighted by Crippen LogP contribution is -2.27. The van der Waals surface area contributed by atoms with Gasteiger partial charge in [0.2, 0.25) is 0 Å². The Kier molecular flexibility index (Phi) is 6.95. The third-order valence-corrected chi connectivity index (χ3v) is 6.25. The minimum absolute atomic E-state index is 0.0908. The van der Waals surface area contributed by atoms with E-state index in [4.69, 9.17) is 21.7 Å². The fourth-order valence-electron chi connectivity index (χ4n) is 2.65. The van der Waals surface area contributed by atoms with Crippen LogP contribution in [0.2, 0.25) is 0 Å². The minimum Gasteiger partial charge on any atom is -0.493 e. The van der Waals surface area contributed by atoms with Crippen LogP contribution in [0.3, 0.4) is 0 Å². The number of benzene rings is 2. The fourth-order valence-corrected chi connectivity index (χ4v) is 4.82. The third kappa shape index (κ3) is 4.49. The molecule has 1 saturated heterocycles. The summed E-state index contributed by atoms with van der Waals surface area (Å²) in [5.74, 6) is 0.641. The maximum atomic E-state index is 13.8. The maximum Gasteiger partial charge on any atom is 0.266 e. The lowest BCUT2D eigenvalue weighted by Gasteiger charge is -2.14. The number of rotatable bonds is 6. The molecule has 1 aliphatic heterocycles. The Morgan fingerprint density at radius 2 is 2.07 bits per heavy atom. The number of halogens is 2. The summed E-state index contributed by atoms with van der Waals surface area (Å²) >= 11 is 8.67. The number of thioether (sulfide) groups is 1. The summed E-state index contributed by atoms with van der Waals surface area (Å²) in [5.41, 5.74) is 1.27. The molecule has 0 bridgehead atoms. The fraction of sp³-hybridized carbons (Fsp3) is 0.200. The Bertz CT molecular complexity index is 964. The number of hydrogen-bond donors (Lipinski definition) is 0. The molecule has 8 heteroatoms. The van der Waals surface area contributed by atoms with Crippen molar-refractivity contribution in [1.29, 1.82) is 0 Å². The van der Waals surface area contributed by atoms with Gasteiger partial charge in [-0.3, -0.25) is 9.69 Å². The topological polar surface area (TPSA) is 38.8 Å². The van der Waals surface area contributed by atoms with Gasteiger partial charge >= 0.3 is 0 Å². The molecule has 3 rings (SSSR count). The van der Waals surface area contributed by atoms with Crippen LogP contribution in [-0.2, 0) is 11.4 Å². The first-order valence-corrected chi connectivity index (χ1v) is 10.7. The number of likely N-dealkylation sites (N-methyl/N-ethyl adjacent to an activating group) is 1. The molecule has 2 aromatic carbocycles. The van der Waals surface area contributed by atoms with Gasteiger partial charge < -0.3 is 9.47 Å². The molecule has 0 saturated carbocycles. The number of hydrogen-bond acceptors (Lipinski definition) is 5. The van der Waals surface area contributed by atoms with E-state index in [0.29, 0.717) is 32.8 Å². The molecular formula is C20H17FINO3S2. The van der Waals surface area contributed by atoms with Gasteiger partial charge in [-0.05, 0) is 59.4 Å². The number of ether oxygens (including phenoxy) is 2. The van der Waals surface area contributed by atoms with Crippen LogP contribution in [-0.4, -0.2) is 28.8 Å².